The highest BCUT2D eigenvalue weighted by Gasteiger charge is 2.54. The van der Waals surface area contributed by atoms with E-state index in [1.165, 1.54) is 4.90 Å². The minimum Gasteiger partial charge on any atom is -0.340 e. The van der Waals surface area contributed by atoms with E-state index in [2.05, 4.69) is 5.32 Å². The number of aryl methyl sites for hydroxylation is 1. The number of rotatable bonds is 4. The van der Waals surface area contributed by atoms with E-state index in [0.717, 1.165) is 33.7 Å². The molecule has 0 bridgehead atoms. The van der Waals surface area contributed by atoms with Crippen LogP contribution in [0.4, 0.5) is 4.79 Å². The molecule has 6 nitrogen and oxygen atoms in total. The van der Waals surface area contributed by atoms with Gasteiger partial charge in [-0.15, -0.1) is 11.3 Å². The number of hydrogen-bond acceptors (Lipinski definition) is 4. The maximum atomic E-state index is 13.2. The van der Waals surface area contributed by atoms with Crippen LogP contribution in [0.15, 0.2) is 29.6 Å². The maximum absolute atomic E-state index is 13.2. The van der Waals surface area contributed by atoms with E-state index in [4.69, 9.17) is 23.2 Å². The summed E-state index contributed by atoms with van der Waals surface area (Å²) in [5.74, 6) is -0.697. The molecule has 0 saturated carbocycles. The topological polar surface area (TPSA) is 69.7 Å². The number of carbonyl (C=O) groups excluding carboxylic acids is 3. The fourth-order valence-electron chi connectivity index (χ4n) is 4.01. The van der Waals surface area contributed by atoms with Gasteiger partial charge >= 0.3 is 6.03 Å². The summed E-state index contributed by atoms with van der Waals surface area (Å²) in [6.45, 7) is -0.0424. The fraction of sp³-hybridized carbons (Fsp3) is 0.350. The first-order valence-corrected chi connectivity index (χ1v) is 10.8. The fourth-order valence-corrected chi connectivity index (χ4v) is 5.58. The molecule has 1 aliphatic heterocycles. The number of amides is 4. The normalized spacial score (nSPS) is 20.7. The summed E-state index contributed by atoms with van der Waals surface area (Å²) in [4.78, 5) is 42.1. The predicted octanol–water partition coefficient (Wildman–Crippen LogP) is 3.80. The highest BCUT2D eigenvalue weighted by molar-refractivity contribution is 7.10. The first kappa shape index (κ1) is 20.2. The second-order valence-corrected chi connectivity index (χ2v) is 9.24. The molecular weight excluding hydrogens is 433 g/mol. The van der Waals surface area contributed by atoms with Crippen LogP contribution in [0.25, 0.3) is 0 Å². The third-order valence-electron chi connectivity index (χ3n) is 5.40. The first-order chi connectivity index (χ1) is 13.8. The van der Waals surface area contributed by atoms with Gasteiger partial charge in [0.1, 0.15) is 12.1 Å². The molecule has 152 valence electrons. The van der Waals surface area contributed by atoms with Gasteiger partial charge in [0.25, 0.3) is 5.91 Å². The van der Waals surface area contributed by atoms with Crippen LogP contribution >= 0.6 is 34.5 Å². The van der Waals surface area contributed by atoms with Crippen molar-refractivity contribution in [3.63, 3.8) is 0 Å². The van der Waals surface area contributed by atoms with Crippen molar-refractivity contribution in [3.8, 4) is 0 Å². The molecule has 1 unspecified atom stereocenters. The molecule has 1 aromatic carbocycles. The molecule has 4 amide bonds. The van der Waals surface area contributed by atoms with Crippen molar-refractivity contribution in [1.82, 2.24) is 15.1 Å². The minimum absolute atomic E-state index is 0.266. The van der Waals surface area contributed by atoms with Gasteiger partial charge in [-0.3, -0.25) is 14.5 Å². The van der Waals surface area contributed by atoms with E-state index < -0.39 is 11.6 Å². The lowest BCUT2D eigenvalue weighted by Gasteiger charge is -2.31. The SMILES string of the molecule is CN(Cc1cc(Cl)cc(Cl)c1)C(=O)CN1C(=O)NC2(CCCc3sccc32)C1=O. The predicted molar refractivity (Wildman–Crippen MR) is 112 cm³/mol. The van der Waals surface area contributed by atoms with E-state index in [-0.39, 0.29) is 24.9 Å². The molecule has 1 saturated heterocycles. The molecule has 2 aliphatic rings. The summed E-state index contributed by atoms with van der Waals surface area (Å²) in [6, 6.07) is 6.43. The monoisotopic (exact) mass is 451 g/mol. The lowest BCUT2D eigenvalue weighted by Crippen LogP contribution is -2.46. The second-order valence-electron chi connectivity index (χ2n) is 7.37. The van der Waals surface area contributed by atoms with Crippen LogP contribution in [0.5, 0.6) is 0 Å². The van der Waals surface area contributed by atoms with Crippen molar-refractivity contribution in [2.45, 2.75) is 31.3 Å². The summed E-state index contributed by atoms with van der Waals surface area (Å²) in [6.07, 6.45) is 2.27. The average Bonchev–Trinajstić information content (AvgIpc) is 3.21. The lowest BCUT2D eigenvalue weighted by molar-refractivity contribution is -0.139. The maximum Gasteiger partial charge on any atom is 0.325 e. The van der Waals surface area contributed by atoms with Gasteiger partial charge in [0, 0.05) is 34.1 Å². The molecule has 1 N–H and O–H groups in total. The molecule has 1 fully saturated rings. The van der Waals surface area contributed by atoms with Gasteiger partial charge < -0.3 is 10.2 Å². The van der Waals surface area contributed by atoms with E-state index in [9.17, 15) is 14.4 Å². The van der Waals surface area contributed by atoms with Crippen LogP contribution in [0.2, 0.25) is 10.0 Å². The second kappa shape index (κ2) is 7.63. The Labute approximate surface area is 182 Å². The Morgan fingerprint density at radius 2 is 2.00 bits per heavy atom. The highest BCUT2D eigenvalue weighted by atomic mass is 35.5. The first-order valence-electron chi connectivity index (χ1n) is 9.20. The number of imide groups is 1. The third kappa shape index (κ3) is 3.63. The largest absolute Gasteiger partial charge is 0.340 e. The Hall–Kier alpha value is -2.09. The number of fused-ring (bicyclic) bond motifs is 2. The molecule has 9 heteroatoms. The lowest BCUT2D eigenvalue weighted by atomic mass is 9.80. The molecule has 1 atom stereocenters. The van der Waals surface area contributed by atoms with E-state index in [1.807, 2.05) is 11.4 Å². The Balaban J connectivity index is 1.49. The van der Waals surface area contributed by atoms with Gasteiger partial charge in [0.05, 0.1) is 0 Å². The molecular formula is C20H19Cl2N3O3S. The molecule has 2 aromatic rings. The van der Waals surface area contributed by atoms with E-state index >= 15 is 0 Å². The number of carbonyl (C=O) groups is 3. The Morgan fingerprint density at radius 3 is 2.72 bits per heavy atom. The van der Waals surface area contributed by atoms with E-state index in [0.29, 0.717) is 16.5 Å². The van der Waals surface area contributed by atoms with Gasteiger partial charge in [-0.25, -0.2) is 4.79 Å². The van der Waals surface area contributed by atoms with Crippen LogP contribution < -0.4 is 5.32 Å². The highest BCUT2D eigenvalue weighted by Crippen LogP contribution is 2.42. The van der Waals surface area contributed by atoms with Crippen LogP contribution in [0.3, 0.4) is 0 Å². The quantitative estimate of drug-likeness (QED) is 0.718. The van der Waals surface area contributed by atoms with Gasteiger partial charge in [0.2, 0.25) is 5.91 Å². The zero-order chi connectivity index (χ0) is 20.8. The summed E-state index contributed by atoms with van der Waals surface area (Å²) in [7, 11) is 1.61. The standard InChI is InChI=1S/C20H19Cl2N3O3S/c1-24(10-12-7-13(21)9-14(22)8-12)17(26)11-25-18(27)20(23-19(25)28)5-2-3-16-15(20)4-6-29-16/h4,6-9H,2-3,5,10-11H2,1H3,(H,23,28). The van der Waals surface area contributed by atoms with Crippen LogP contribution in [0, 0.1) is 0 Å². The van der Waals surface area contributed by atoms with E-state index in [1.54, 1.807) is 36.6 Å². The zero-order valence-corrected chi connectivity index (χ0v) is 18.0. The molecule has 1 spiro atoms. The van der Waals surface area contributed by atoms with Crippen molar-refractivity contribution >= 4 is 52.4 Å². The number of benzene rings is 1. The molecule has 2 heterocycles. The molecule has 29 heavy (non-hydrogen) atoms. The summed E-state index contributed by atoms with van der Waals surface area (Å²) >= 11 is 13.6. The smallest absolute Gasteiger partial charge is 0.325 e. The Bertz CT molecular complexity index is 988. The van der Waals surface area contributed by atoms with Crippen molar-refractivity contribution in [3.05, 3.63) is 55.7 Å². The number of hydrogen-bond donors (Lipinski definition) is 1. The Morgan fingerprint density at radius 1 is 1.28 bits per heavy atom. The number of likely N-dealkylation sites (N-methyl/N-ethyl adjacent to an activating group) is 1. The van der Waals surface area contributed by atoms with Crippen molar-refractivity contribution in [2.24, 2.45) is 0 Å². The van der Waals surface area contributed by atoms with Crippen molar-refractivity contribution in [1.29, 1.82) is 0 Å². The Kier molecular flexibility index (Phi) is 5.31. The van der Waals surface area contributed by atoms with Gasteiger partial charge in [0.15, 0.2) is 0 Å². The average molecular weight is 452 g/mol. The van der Waals surface area contributed by atoms with Crippen LogP contribution in [0.1, 0.15) is 28.8 Å². The van der Waals surface area contributed by atoms with Gasteiger partial charge in [-0.1, -0.05) is 23.2 Å². The van der Waals surface area contributed by atoms with Crippen LogP contribution in [-0.4, -0.2) is 41.2 Å². The minimum atomic E-state index is -1.04. The third-order valence-corrected chi connectivity index (χ3v) is 6.81. The number of urea groups is 1. The van der Waals surface area contributed by atoms with Gasteiger partial charge in [-0.2, -0.15) is 0 Å². The molecule has 1 aliphatic carbocycles. The molecule has 1 aromatic heterocycles. The van der Waals surface area contributed by atoms with Crippen molar-refractivity contribution in [2.75, 3.05) is 13.6 Å². The van der Waals surface area contributed by atoms with Crippen molar-refractivity contribution < 1.29 is 14.4 Å². The molecule has 0 radical (unpaired) electrons. The number of halogens is 2. The van der Waals surface area contributed by atoms with Gasteiger partial charge in [-0.05, 0) is 54.5 Å². The summed E-state index contributed by atoms with van der Waals surface area (Å²) < 4.78 is 0. The number of nitrogens with one attached hydrogen (secondary N) is 1. The summed E-state index contributed by atoms with van der Waals surface area (Å²) in [5.41, 5.74) is 0.593. The molecule has 4 rings (SSSR count). The number of thiophene rings is 1. The number of nitrogens with zero attached hydrogens (tertiary/aromatic N) is 2. The van der Waals surface area contributed by atoms with Crippen LogP contribution in [-0.2, 0) is 28.1 Å². The summed E-state index contributed by atoms with van der Waals surface area (Å²) in [5, 5.41) is 5.76. The zero-order valence-electron chi connectivity index (χ0n) is 15.7.